The molecule has 1 N–H and O–H groups in total. The first-order valence-corrected chi connectivity index (χ1v) is 9.29. The van der Waals surface area contributed by atoms with Crippen molar-refractivity contribution in [2.75, 3.05) is 12.4 Å². The van der Waals surface area contributed by atoms with E-state index in [1.165, 1.54) is 11.3 Å². The van der Waals surface area contributed by atoms with Gasteiger partial charge < -0.3 is 4.74 Å². The number of rotatable bonds is 4. The fraction of sp³-hybridized carbons (Fsp3) is 0.158. The molecule has 0 unspecified atom stereocenters. The zero-order valence-corrected chi connectivity index (χ0v) is 16.5. The van der Waals surface area contributed by atoms with Crippen molar-refractivity contribution < 1.29 is 9.53 Å². The van der Waals surface area contributed by atoms with E-state index in [4.69, 9.17) is 4.74 Å². The van der Waals surface area contributed by atoms with E-state index in [9.17, 15) is 4.79 Å². The van der Waals surface area contributed by atoms with Crippen LogP contribution < -0.4 is 10.1 Å². The molecule has 0 fully saturated rings. The normalized spacial score (nSPS) is 10.6. The number of anilines is 1. The lowest BCUT2D eigenvalue weighted by atomic mass is 10.1. The Morgan fingerprint density at radius 1 is 1.20 bits per heavy atom. The van der Waals surface area contributed by atoms with Crippen LogP contribution in [0.3, 0.4) is 0 Å². The molecule has 128 valence electrons. The molecule has 0 atom stereocenters. The molecule has 6 heteroatoms. The first kappa shape index (κ1) is 17.6. The third-order valence-electron chi connectivity index (χ3n) is 3.80. The van der Waals surface area contributed by atoms with Gasteiger partial charge in [0.2, 0.25) is 0 Å². The van der Waals surface area contributed by atoms with Gasteiger partial charge in [-0.1, -0.05) is 12.1 Å². The van der Waals surface area contributed by atoms with Crippen LogP contribution in [-0.2, 0) is 0 Å². The maximum atomic E-state index is 12.4. The second-order valence-corrected chi connectivity index (χ2v) is 7.60. The molecule has 1 aromatic heterocycles. The number of nitrogens with zero attached hydrogens (tertiary/aromatic N) is 1. The predicted molar refractivity (Wildman–Crippen MR) is 106 cm³/mol. The van der Waals surface area contributed by atoms with Gasteiger partial charge in [0.05, 0.1) is 18.4 Å². The highest BCUT2D eigenvalue weighted by Crippen LogP contribution is 2.33. The van der Waals surface area contributed by atoms with Gasteiger partial charge in [0.1, 0.15) is 5.75 Å². The van der Waals surface area contributed by atoms with Crippen molar-refractivity contribution >= 4 is 38.3 Å². The molecule has 0 radical (unpaired) electrons. The Bertz CT molecular complexity index is 937. The summed E-state index contributed by atoms with van der Waals surface area (Å²) in [5, 5.41) is 3.47. The van der Waals surface area contributed by atoms with Crippen molar-refractivity contribution in [3.63, 3.8) is 0 Å². The van der Waals surface area contributed by atoms with Crippen molar-refractivity contribution in [2.45, 2.75) is 13.8 Å². The average molecular weight is 417 g/mol. The number of nitrogens with one attached hydrogen (secondary N) is 1. The quantitative estimate of drug-likeness (QED) is 0.614. The number of amides is 1. The zero-order valence-electron chi connectivity index (χ0n) is 14.1. The van der Waals surface area contributed by atoms with Gasteiger partial charge in [-0.05, 0) is 65.7 Å². The number of aromatic nitrogens is 1. The highest BCUT2D eigenvalue weighted by Gasteiger charge is 2.15. The van der Waals surface area contributed by atoms with Crippen molar-refractivity contribution in [1.82, 2.24) is 4.98 Å². The van der Waals surface area contributed by atoms with Gasteiger partial charge in [-0.25, -0.2) is 4.98 Å². The summed E-state index contributed by atoms with van der Waals surface area (Å²) < 4.78 is 6.06. The number of halogens is 1. The van der Waals surface area contributed by atoms with Crippen LogP contribution in [0.15, 0.2) is 46.9 Å². The van der Waals surface area contributed by atoms with Crippen LogP contribution in [0.2, 0.25) is 0 Å². The fourth-order valence-corrected chi connectivity index (χ4v) is 3.85. The van der Waals surface area contributed by atoms with Crippen LogP contribution in [0.25, 0.3) is 11.3 Å². The molecule has 0 saturated carbocycles. The van der Waals surface area contributed by atoms with Crippen molar-refractivity contribution in [3.8, 4) is 17.0 Å². The molecule has 0 spiro atoms. The largest absolute Gasteiger partial charge is 0.496 e. The molecule has 0 aliphatic heterocycles. The standard InChI is InChI=1S/C19H17BrN2O2S/c1-11-10-13(8-9-16(11)24-3)17-12(2)25-19(21-17)22-18(23)14-6-4-5-7-15(14)20/h4-10H,1-3H3,(H,21,22,23). The third kappa shape index (κ3) is 3.75. The van der Waals surface area contributed by atoms with Crippen LogP contribution in [-0.4, -0.2) is 18.0 Å². The number of ether oxygens (including phenoxy) is 1. The molecular formula is C19H17BrN2O2S. The number of methoxy groups -OCH3 is 1. The van der Waals surface area contributed by atoms with Crippen LogP contribution in [0, 0.1) is 13.8 Å². The Balaban J connectivity index is 1.87. The second-order valence-electron chi connectivity index (χ2n) is 5.54. The average Bonchev–Trinajstić information content (AvgIpc) is 2.95. The Morgan fingerprint density at radius 2 is 1.96 bits per heavy atom. The summed E-state index contributed by atoms with van der Waals surface area (Å²) in [5.74, 6) is 0.665. The monoisotopic (exact) mass is 416 g/mol. The minimum Gasteiger partial charge on any atom is -0.496 e. The van der Waals surface area contributed by atoms with E-state index in [0.29, 0.717) is 10.7 Å². The Kier molecular flexibility index (Phi) is 5.20. The number of hydrogen-bond acceptors (Lipinski definition) is 4. The molecule has 0 aliphatic carbocycles. The molecular weight excluding hydrogens is 400 g/mol. The maximum Gasteiger partial charge on any atom is 0.258 e. The molecule has 3 aromatic rings. The minimum absolute atomic E-state index is 0.182. The molecule has 3 rings (SSSR count). The maximum absolute atomic E-state index is 12.4. The molecule has 0 aliphatic rings. The van der Waals surface area contributed by atoms with E-state index < -0.39 is 0 Å². The minimum atomic E-state index is -0.182. The summed E-state index contributed by atoms with van der Waals surface area (Å²) >= 11 is 4.86. The molecule has 0 bridgehead atoms. The molecule has 2 aromatic carbocycles. The smallest absolute Gasteiger partial charge is 0.258 e. The van der Waals surface area contributed by atoms with Crippen LogP contribution in [0.4, 0.5) is 5.13 Å². The highest BCUT2D eigenvalue weighted by molar-refractivity contribution is 9.10. The van der Waals surface area contributed by atoms with Crippen LogP contribution in [0.1, 0.15) is 20.8 Å². The summed E-state index contributed by atoms with van der Waals surface area (Å²) in [6.07, 6.45) is 0. The summed E-state index contributed by atoms with van der Waals surface area (Å²) in [5.41, 5.74) is 3.51. The highest BCUT2D eigenvalue weighted by atomic mass is 79.9. The van der Waals surface area contributed by atoms with E-state index in [-0.39, 0.29) is 5.91 Å². The molecule has 25 heavy (non-hydrogen) atoms. The third-order valence-corrected chi connectivity index (χ3v) is 5.38. The fourth-order valence-electron chi connectivity index (χ4n) is 2.55. The molecule has 1 heterocycles. The number of carbonyl (C=O) groups excluding carboxylic acids is 1. The predicted octanol–water partition coefficient (Wildman–Crippen LogP) is 5.45. The van der Waals surface area contributed by atoms with Gasteiger partial charge in [0.25, 0.3) is 5.91 Å². The van der Waals surface area contributed by atoms with Crippen LogP contribution in [0.5, 0.6) is 5.75 Å². The lowest BCUT2D eigenvalue weighted by Crippen LogP contribution is -2.12. The van der Waals surface area contributed by atoms with Gasteiger partial charge in [0.15, 0.2) is 5.13 Å². The first-order valence-electron chi connectivity index (χ1n) is 7.68. The summed E-state index contributed by atoms with van der Waals surface area (Å²) in [6.45, 7) is 4.00. The number of thiazole rings is 1. The first-order chi connectivity index (χ1) is 12.0. The van der Waals surface area contributed by atoms with Gasteiger partial charge in [-0.2, -0.15) is 0 Å². The Morgan fingerprint density at radius 3 is 2.64 bits per heavy atom. The number of aryl methyl sites for hydroxylation is 2. The van der Waals surface area contributed by atoms with E-state index in [1.807, 2.05) is 50.2 Å². The summed E-state index contributed by atoms with van der Waals surface area (Å²) in [7, 11) is 1.66. The van der Waals surface area contributed by atoms with Gasteiger partial charge in [-0.3, -0.25) is 10.1 Å². The van der Waals surface area contributed by atoms with Crippen molar-refractivity contribution in [1.29, 1.82) is 0 Å². The molecule has 0 saturated heterocycles. The van der Waals surface area contributed by atoms with Gasteiger partial charge >= 0.3 is 0 Å². The van der Waals surface area contributed by atoms with Crippen molar-refractivity contribution in [2.24, 2.45) is 0 Å². The lowest BCUT2D eigenvalue weighted by molar-refractivity contribution is 0.102. The van der Waals surface area contributed by atoms with Crippen LogP contribution >= 0.6 is 27.3 Å². The Labute approximate surface area is 159 Å². The summed E-state index contributed by atoms with van der Waals surface area (Å²) in [4.78, 5) is 18.1. The number of benzene rings is 2. The number of carbonyl (C=O) groups is 1. The van der Waals surface area contributed by atoms with Crippen molar-refractivity contribution in [3.05, 3.63) is 62.9 Å². The lowest BCUT2D eigenvalue weighted by Gasteiger charge is -2.06. The van der Waals surface area contributed by atoms with E-state index in [1.54, 1.807) is 13.2 Å². The Hall–Kier alpha value is -2.18. The SMILES string of the molecule is COc1ccc(-c2nc(NC(=O)c3ccccc3Br)sc2C)cc1C. The van der Waals surface area contributed by atoms with E-state index in [2.05, 4.69) is 26.2 Å². The zero-order chi connectivity index (χ0) is 18.0. The van der Waals surface area contributed by atoms with Gasteiger partial charge in [-0.15, -0.1) is 11.3 Å². The van der Waals surface area contributed by atoms with E-state index in [0.717, 1.165) is 31.9 Å². The number of hydrogen-bond donors (Lipinski definition) is 1. The topological polar surface area (TPSA) is 51.2 Å². The molecule has 1 amide bonds. The molecule has 4 nitrogen and oxygen atoms in total. The second kappa shape index (κ2) is 7.37. The van der Waals surface area contributed by atoms with E-state index >= 15 is 0 Å². The summed E-state index contributed by atoms with van der Waals surface area (Å²) in [6, 6.07) is 13.3. The van der Waals surface area contributed by atoms with Gasteiger partial charge in [0, 0.05) is 14.9 Å².